The van der Waals surface area contributed by atoms with Crippen molar-refractivity contribution in [3.63, 3.8) is 0 Å². The summed E-state index contributed by atoms with van der Waals surface area (Å²) in [4.78, 5) is -1.93. The lowest BCUT2D eigenvalue weighted by atomic mass is 10.2. The van der Waals surface area contributed by atoms with Crippen LogP contribution in [0.3, 0.4) is 0 Å². The lowest BCUT2D eigenvalue weighted by Crippen LogP contribution is -2.41. The van der Waals surface area contributed by atoms with E-state index in [0.717, 1.165) is 12.1 Å². The van der Waals surface area contributed by atoms with Crippen LogP contribution in [-0.4, -0.2) is 32.0 Å². The quantitative estimate of drug-likeness (QED) is 0.419. The molecular weight excluding hydrogens is 412 g/mol. The minimum atomic E-state index is -5.15. The maximum absolute atomic E-state index is 14.1. The SMILES string of the molecule is O=S(=O)(c1c(F)c(F)c(F)c(F)c1F)N(Cc1ccc(F)cc1)C1CCOC1. The van der Waals surface area contributed by atoms with Gasteiger partial charge < -0.3 is 4.74 Å². The molecule has 0 spiro atoms. The van der Waals surface area contributed by atoms with Gasteiger partial charge in [0.1, 0.15) is 5.82 Å². The molecule has 1 aliphatic heterocycles. The first-order chi connectivity index (χ1) is 13.1. The van der Waals surface area contributed by atoms with Gasteiger partial charge >= 0.3 is 0 Å². The summed E-state index contributed by atoms with van der Waals surface area (Å²) < 4.78 is 113. The Morgan fingerprint density at radius 3 is 1.93 bits per heavy atom. The maximum atomic E-state index is 14.1. The van der Waals surface area contributed by atoms with E-state index < -0.39 is 62.4 Å². The standard InChI is InChI=1S/C17H13F6NO3S/c18-10-3-1-9(2-4-10)7-24(11-5-6-27-8-11)28(25,26)17-15(22)13(20)12(19)14(21)16(17)23/h1-4,11H,5-8H2. The van der Waals surface area contributed by atoms with Crippen molar-refractivity contribution in [2.45, 2.75) is 23.9 Å². The average Bonchev–Trinajstić information content (AvgIpc) is 3.18. The summed E-state index contributed by atoms with van der Waals surface area (Å²) >= 11 is 0. The Hall–Kier alpha value is -2.11. The molecule has 1 unspecified atom stereocenters. The zero-order valence-corrected chi connectivity index (χ0v) is 14.9. The number of sulfonamides is 1. The van der Waals surface area contributed by atoms with Crippen LogP contribution in [-0.2, 0) is 21.3 Å². The summed E-state index contributed by atoms with van der Waals surface area (Å²) in [5.74, 6) is -12.7. The second-order valence-electron chi connectivity index (χ2n) is 6.09. The van der Waals surface area contributed by atoms with Crippen molar-refractivity contribution in [3.8, 4) is 0 Å². The molecule has 0 saturated carbocycles. The van der Waals surface area contributed by atoms with Crippen molar-refractivity contribution >= 4 is 10.0 Å². The molecule has 1 aliphatic rings. The summed E-state index contributed by atoms with van der Waals surface area (Å²) in [6.45, 7) is -0.455. The van der Waals surface area contributed by atoms with Gasteiger partial charge in [-0.1, -0.05) is 12.1 Å². The molecule has 1 fully saturated rings. The van der Waals surface area contributed by atoms with Crippen molar-refractivity contribution in [2.24, 2.45) is 0 Å². The lowest BCUT2D eigenvalue weighted by Gasteiger charge is -2.27. The zero-order chi connectivity index (χ0) is 20.6. The number of ether oxygens (including phenoxy) is 1. The minimum absolute atomic E-state index is 0.129. The van der Waals surface area contributed by atoms with Gasteiger partial charge in [0.15, 0.2) is 28.2 Å². The van der Waals surface area contributed by atoms with Gasteiger partial charge in [0.05, 0.1) is 12.6 Å². The van der Waals surface area contributed by atoms with Crippen molar-refractivity contribution in [1.82, 2.24) is 4.31 Å². The fourth-order valence-corrected chi connectivity index (χ4v) is 4.60. The monoisotopic (exact) mass is 425 g/mol. The van der Waals surface area contributed by atoms with E-state index in [1.807, 2.05) is 0 Å². The molecule has 1 saturated heterocycles. The molecule has 0 aromatic heterocycles. The van der Waals surface area contributed by atoms with Gasteiger partial charge in [-0.05, 0) is 24.1 Å². The topological polar surface area (TPSA) is 46.6 Å². The Morgan fingerprint density at radius 2 is 1.43 bits per heavy atom. The van der Waals surface area contributed by atoms with E-state index in [-0.39, 0.29) is 25.2 Å². The van der Waals surface area contributed by atoms with E-state index in [2.05, 4.69) is 0 Å². The van der Waals surface area contributed by atoms with Crippen LogP contribution >= 0.6 is 0 Å². The van der Waals surface area contributed by atoms with Crippen LogP contribution in [0, 0.1) is 34.9 Å². The van der Waals surface area contributed by atoms with Gasteiger partial charge in [0.25, 0.3) is 0 Å². The summed E-state index contributed by atoms with van der Waals surface area (Å²) in [5.41, 5.74) is 0.251. The van der Waals surface area contributed by atoms with Crippen molar-refractivity contribution in [3.05, 3.63) is 64.7 Å². The molecule has 0 amide bonds. The first kappa shape index (κ1) is 20.6. The molecule has 28 heavy (non-hydrogen) atoms. The van der Waals surface area contributed by atoms with Gasteiger partial charge in [-0.2, -0.15) is 4.31 Å². The Bertz CT molecular complexity index is 962. The predicted octanol–water partition coefficient (Wildman–Crippen LogP) is 3.50. The third kappa shape index (κ3) is 3.61. The molecule has 0 bridgehead atoms. The molecule has 1 heterocycles. The Balaban J connectivity index is 2.12. The highest BCUT2D eigenvalue weighted by atomic mass is 32.2. The van der Waals surface area contributed by atoms with Crippen LogP contribution in [0.4, 0.5) is 26.3 Å². The molecule has 0 aliphatic carbocycles. The highest BCUT2D eigenvalue weighted by Gasteiger charge is 2.40. The number of benzene rings is 2. The van der Waals surface area contributed by atoms with Crippen LogP contribution in [0.25, 0.3) is 0 Å². The fourth-order valence-electron chi connectivity index (χ4n) is 2.86. The van der Waals surface area contributed by atoms with Crippen LogP contribution in [0.5, 0.6) is 0 Å². The third-order valence-electron chi connectivity index (χ3n) is 4.30. The molecule has 11 heteroatoms. The van der Waals surface area contributed by atoms with E-state index in [4.69, 9.17) is 4.74 Å². The van der Waals surface area contributed by atoms with E-state index in [9.17, 15) is 34.8 Å². The van der Waals surface area contributed by atoms with Crippen molar-refractivity contribution in [2.75, 3.05) is 13.2 Å². The Kier molecular flexibility index (Phi) is 5.69. The smallest absolute Gasteiger partial charge is 0.249 e. The highest BCUT2D eigenvalue weighted by Crippen LogP contribution is 2.32. The number of hydrogen-bond donors (Lipinski definition) is 0. The van der Waals surface area contributed by atoms with Crippen LogP contribution in [0.15, 0.2) is 29.2 Å². The molecule has 2 aromatic carbocycles. The molecule has 0 N–H and O–H groups in total. The summed E-state index contributed by atoms with van der Waals surface area (Å²) in [5, 5.41) is 0. The second kappa shape index (κ2) is 7.72. The molecule has 2 aromatic rings. The van der Waals surface area contributed by atoms with Gasteiger partial charge in [-0.3, -0.25) is 0 Å². The zero-order valence-electron chi connectivity index (χ0n) is 14.1. The van der Waals surface area contributed by atoms with Crippen molar-refractivity contribution in [1.29, 1.82) is 0 Å². The molecule has 3 rings (SSSR count). The van der Waals surface area contributed by atoms with Crippen LogP contribution in [0.1, 0.15) is 12.0 Å². The molecule has 152 valence electrons. The number of halogens is 6. The van der Waals surface area contributed by atoms with E-state index >= 15 is 0 Å². The van der Waals surface area contributed by atoms with Gasteiger partial charge in [0.2, 0.25) is 15.8 Å². The molecule has 4 nitrogen and oxygen atoms in total. The van der Waals surface area contributed by atoms with E-state index in [1.54, 1.807) is 0 Å². The van der Waals surface area contributed by atoms with E-state index in [0.29, 0.717) is 4.31 Å². The minimum Gasteiger partial charge on any atom is -0.380 e. The Morgan fingerprint density at radius 1 is 0.893 bits per heavy atom. The fraction of sp³-hybridized carbons (Fsp3) is 0.294. The first-order valence-electron chi connectivity index (χ1n) is 8.00. The summed E-state index contributed by atoms with van der Waals surface area (Å²) in [6.07, 6.45) is 0.149. The van der Waals surface area contributed by atoms with Gasteiger partial charge in [-0.15, -0.1) is 0 Å². The molecule has 0 radical (unpaired) electrons. The largest absolute Gasteiger partial charge is 0.380 e. The van der Waals surface area contributed by atoms with Gasteiger partial charge in [-0.25, -0.2) is 34.8 Å². The van der Waals surface area contributed by atoms with Gasteiger partial charge in [0, 0.05) is 13.2 Å². The Labute approximate surface area is 156 Å². The highest BCUT2D eigenvalue weighted by molar-refractivity contribution is 7.89. The predicted molar refractivity (Wildman–Crippen MR) is 84.6 cm³/mol. The average molecular weight is 425 g/mol. The summed E-state index contributed by atoms with van der Waals surface area (Å²) in [7, 11) is -5.15. The van der Waals surface area contributed by atoms with E-state index in [1.165, 1.54) is 12.1 Å². The summed E-state index contributed by atoms with van der Waals surface area (Å²) in [6, 6.07) is 3.68. The number of nitrogens with zero attached hydrogens (tertiary/aromatic N) is 1. The van der Waals surface area contributed by atoms with Crippen LogP contribution in [0.2, 0.25) is 0 Å². The normalized spacial score (nSPS) is 17.5. The lowest BCUT2D eigenvalue weighted by molar-refractivity contribution is 0.174. The number of hydrogen-bond acceptors (Lipinski definition) is 3. The molecular formula is C17H13F6NO3S. The maximum Gasteiger partial charge on any atom is 0.249 e. The van der Waals surface area contributed by atoms with Crippen molar-refractivity contribution < 1.29 is 39.5 Å². The number of rotatable bonds is 5. The molecule has 1 atom stereocenters. The first-order valence-corrected chi connectivity index (χ1v) is 9.44. The second-order valence-corrected chi connectivity index (χ2v) is 7.92. The van der Waals surface area contributed by atoms with Crippen LogP contribution < -0.4 is 0 Å². The third-order valence-corrected chi connectivity index (χ3v) is 6.22.